The van der Waals surface area contributed by atoms with Gasteiger partial charge in [0.15, 0.2) is 16.6 Å². The molecule has 168 valence electrons. The summed E-state index contributed by atoms with van der Waals surface area (Å²) in [6.45, 7) is 3.28. The van der Waals surface area contributed by atoms with E-state index in [4.69, 9.17) is 19.2 Å². The fourth-order valence-corrected chi connectivity index (χ4v) is 5.65. The molecule has 1 aliphatic heterocycles. The molecule has 1 aromatic carbocycles. The Morgan fingerprint density at radius 1 is 1.26 bits per heavy atom. The van der Waals surface area contributed by atoms with Gasteiger partial charge >= 0.3 is 6.09 Å². The van der Waals surface area contributed by atoms with Crippen molar-refractivity contribution in [2.45, 2.75) is 50.0 Å². The van der Waals surface area contributed by atoms with E-state index in [0.717, 1.165) is 40.7 Å². The van der Waals surface area contributed by atoms with Crippen LogP contribution in [0.15, 0.2) is 23.6 Å². The maximum absolute atomic E-state index is 12.4. The van der Waals surface area contributed by atoms with Crippen LogP contribution >= 0.6 is 11.3 Å². The summed E-state index contributed by atoms with van der Waals surface area (Å²) >= 11 is 1.58. The number of ether oxygens (including phenoxy) is 3. The molecular formula is C23H31N3O4S. The number of hydrogen-bond acceptors (Lipinski definition) is 7. The molecule has 2 fully saturated rings. The zero-order valence-electron chi connectivity index (χ0n) is 18.6. The molecule has 0 radical (unpaired) electrons. The minimum atomic E-state index is -0.348. The summed E-state index contributed by atoms with van der Waals surface area (Å²) in [6.07, 6.45) is 4.50. The summed E-state index contributed by atoms with van der Waals surface area (Å²) in [5.41, 5.74) is 1.74. The van der Waals surface area contributed by atoms with Gasteiger partial charge in [-0.2, -0.15) is 0 Å². The third-order valence-corrected chi connectivity index (χ3v) is 7.47. The predicted molar refractivity (Wildman–Crippen MR) is 122 cm³/mol. The maximum atomic E-state index is 12.4. The molecule has 4 rings (SSSR count). The summed E-state index contributed by atoms with van der Waals surface area (Å²) in [5, 5.41) is 6.07. The molecule has 0 bridgehead atoms. The van der Waals surface area contributed by atoms with E-state index in [1.54, 1.807) is 23.3 Å². The summed E-state index contributed by atoms with van der Waals surface area (Å²) < 4.78 is 16.9. The Kier molecular flexibility index (Phi) is 6.27. The van der Waals surface area contributed by atoms with E-state index in [1.807, 2.05) is 13.1 Å². The van der Waals surface area contributed by atoms with Gasteiger partial charge in [-0.3, -0.25) is 0 Å². The summed E-state index contributed by atoms with van der Waals surface area (Å²) in [6, 6.07) is 6.14. The number of nitrogens with one attached hydrogen (secondary N) is 1. The van der Waals surface area contributed by atoms with Gasteiger partial charge in [-0.25, -0.2) is 9.78 Å². The highest BCUT2D eigenvalue weighted by molar-refractivity contribution is 7.13. The van der Waals surface area contributed by atoms with Gasteiger partial charge in [-0.1, -0.05) is 13.0 Å². The summed E-state index contributed by atoms with van der Waals surface area (Å²) in [4.78, 5) is 19.0. The van der Waals surface area contributed by atoms with Crippen molar-refractivity contribution in [3.8, 4) is 11.5 Å². The normalized spacial score (nSPS) is 23.7. The van der Waals surface area contributed by atoms with Crippen molar-refractivity contribution in [1.29, 1.82) is 0 Å². The number of carbonyl (C=O) groups excluding carboxylic acids is 1. The number of methoxy groups -OCH3 is 2. The molecule has 2 aromatic rings. The average molecular weight is 446 g/mol. The van der Waals surface area contributed by atoms with Crippen molar-refractivity contribution in [2.24, 2.45) is 0 Å². The molecule has 31 heavy (non-hydrogen) atoms. The summed E-state index contributed by atoms with van der Waals surface area (Å²) in [5.74, 6) is 1.57. The molecular weight excluding hydrogens is 414 g/mol. The largest absolute Gasteiger partial charge is 0.493 e. The third-order valence-electron chi connectivity index (χ3n) is 6.61. The van der Waals surface area contributed by atoms with Gasteiger partial charge in [0.25, 0.3) is 0 Å². The number of rotatable bonds is 6. The topological polar surface area (TPSA) is 72.9 Å². The first-order chi connectivity index (χ1) is 15.0. The lowest BCUT2D eigenvalue weighted by Gasteiger charge is -2.29. The van der Waals surface area contributed by atoms with Crippen LogP contribution < -0.4 is 14.8 Å². The zero-order chi connectivity index (χ0) is 22.0. The molecule has 1 saturated carbocycles. The highest BCUT2D eigenvalue weighted by atomic mass is 32.1. The molecule has 1 aromatic heterocycles. The van der Waals surface area contributed by atoms with Crippen LogP contribution in [-0.4, -0.2) is 56.4 Å². The number of thiazole rings is 1. The van der Waals surface area contributed by atoms with Crippen molar-refractivity contribution >= 4 is 22.6 Å². The van der Waals surface area contributed by atoms with Crippen LogP contribution in [0.1, 0.15) is 49.8 Å². The Bertz CT molecular complexity index is 927. The maximum Gasteiger partial charge on any atom is 0.409 e. The van der Waals surface area contributed by atoms with Crippen LogP contribution in [0.4, 0.5) is 9.93 Å². The monoisotopic (exact) mass is 445 g/mol. The second kappa shape index (κ2) is 8.94. The Morgan fingerprint density at radius 2 is 2.03 bits per heavy atom. The highest BCUT2D eigenvalue weighted by Gasteiger charge is 2.48. The SMILES string of the molecule is CNc1nc([C@]2(C)CN(C(=O)OC)C[C@@H]2c2ccc(OC)c(OC3CCCC3)c2)cs1. The Balaban J connectivity index is 1.71. The Hall–Kier alpha value is -2.48. The second-order valence-corrected chi connectivity index (χ2v) is 9.40. The van der Waals surface area contributed by atoms with E-state index in [-0.39, 0.29) is 23.5 Å². The first-order valence-corrected chi connectivity index (χ1v) is 11.7. The molecule has 7 nitrogen and oxygen atoms in total. The molecule has 1 amide bonds. The number of carbonyl (C=O) groups is 1. The lowest BCUT2D eigenvalue weighted by Crippen LogP contribution is -2.33. The molecule has 0 unspecified atom stereocenters. The van der Waals surface area contributed by atoms with Crippen molar-refractivity contribution in [3.63, 3.8) is 0 Å². The number of anilines is 1. The van der Waals surface area contributed by atoms with Gasteiger partial charge in [-0.05, 0) is 43.4 Å². The Morgan fingerprint density at radius 3 is 2.68 bits per heavy atom. The predicted octanol–water partition coefficient (Wildman–Crippen LogP) is 4.64. The van der Waals surface area contributed by atoms with Gasteiger partial charge in [0.2, 0.25) is 0 Å². The average Bonchev–Trinajstić information content (AvgIpc) is 3.53. The number of hydrogen-bond donors (Lipinski definition) is 1. The van der Waals surface area contributed by atoms with Crippen LogP contribution in [0.2, 0.25) is 0 Å². The molecule has 1 saturated heterocycles. The minimum absolute atomic E-state index is 0.0511. The van der Waals surface area contributed by atoms with Crippen molar-refractivity contribution in [1.82, 2.24) is 9.88 Å². The number of amides is 1. The van der Waals surface area contributed by atoms with Gasteiger partial charge in [0.05, 0.1) is 26.0 Å². The number of benzene rings is 1. The second-order valence-electron chi connectivity index (χ2n) is 8.54. The third kappa shape index (κ3) is 4.18. The molecule has 2 heterocycles. The van der Waals surface area contributed by atoms with E-state index in [1.165, 1.54) is 20.0 Å². The van der Waals surface area contributed by atoms with Crippen molar-refractivity contribution in [3.05, 3.63) is 34.8 Å². The highest BCUT2D eigenvalue weighted by Crippen LogP contribution is 2.47. The first kappa shape index (κ1) is 21.7. The lowest BCUT2D eigenvalue weighted by atomic mass is 9.74. The van der Waals surface area contributed by atoms with Crippen LogP contribution in [0, 0.1) is 0 Å². The van der Waals surface area contributed by atoms with E-state index in [0.29, 0.717) is 13.1 Å². The smallest absolute Gasteiger partial charge is 0.409 e. The number of likely N-dealkylation sites (tertiary alicyclic amines) is 1. The quantitative estimate of drug-likeness (QED) is 0.698. The molecule has 1 aliphatic carbocycles. The molecule has 1 N–H and O–H groups in total. The zero-order valence-corrected chi connectivity index (χ0v) is 19.5. The van der Waals surface area contributed by atoms with Gasteiger partial charge < -0.3 is 24.4 Å². The molecule has 8 heteroatoms. The van der Waals surface area contributed by atoms with E-state index in [2.05, 4.69) is 29.8 Å². The van der Waals surface area contributed by atoms with Crippen molar-refractivity contribution in [2.75, 3.05) is 39.7 Å². The van der Waals surface area contributed by atoms with Crippen LogP contribution in [0.25, 0.3) is 0 Å². The number of aromatic nitrogens is 1. The van der Waals surface area contributed by atoms with E-state index in [9.17, 15) is 4.79 Å². The minimum Gasteiger partial charge on any atom is -0.493 e. The van der Waals surface area contributed by atoms with Crippen molar-refractivity contribution < 1.29 is 19.0 Å². The van der Waals surface area contributed by atoms with Crippen LogP contribution in [0.3, 0.4) is 0 Å². The lowest BCUT2D eigenvalue weighted by molar-refractivity contribution is 0.130. The fraction of sp³-hybridized carbons (Fsp3) is 0.565. The Labute approximate surface area is 187 Å². The van der Waals surface area contributed by atoms with E-state index < -0.39 is 0 Å². The molecule has 0 spiro atoms. The van der Waals surface area contributed by atoms with Crippen LogP contribution in [-0.2, 0) is 10.2 Å². The standard InChI is InChI=1S/C23H31N3O4S/c1-23(20-13-31-21(24-2)25-20)14-26(22(27)29-4)12-17(23)15-9-10-18(28-3)19(11-15)30-16-7-5-6-8-16/h9-11,13,16-17H,5-8,12,14H2,1-4H3,(H,24,25)/t17-,23-/m1/s1. The van der Waals surface area contributed by atoms with Gasteiger partial charge in [0, 0.05) is 36.9 Å². The van der Waals surface area contributed by atoms with Gasteiger partial charge in [0.1, 0.15) is 0 Å². The molecule has 2 atom stereocenters. The van der Waals surface area contributed by atoms with Crippen LogP contribution in [0.5, 0.6) is 11.5 Å². The summed E-state index contributed by atoms with van der Waals surface area (Å²) in [7, 11) is 4.97. The molecule has 2 aliphatic rings. The van der Waals surface area contributed by atoms with Gasteiger partial charge in [-0.15, -0.1) is 11.3 Å². The fourth-order valence-electron chi connectivity index (χ4n) is 4.83. The van der Waals surface area contributed by atoms with E-state index >= 15 is 0 Å². The first-order valence-electron chi connectivity index (χ1n) is 10.8. The number of nitrogens with zero attached hydrogens (tertiary/aromatic N) is 2.